The van der Waals surface area contributed by atoms with Crippen LogP contribution in [0.5, 0.6) is 0 Å². The summed E-state index contributed by atoms with van der Waals surface area (Å²) in [6.07, 6.45) is 2.40. The van der Waals surface area contributed by atoms with Gasteiger partial charge in [0.2, 0.25) is 0 Å². The minimum atomic E-state index is -1.13. The van der Waals surface area contributed by atoms with E-state index in [2.05, 4.69) is 32.4 Å². The Kier molecular flexibility index (Phi) is 6.25. The Morgan fingerprint density at radius 3 is 2.75 bits per heavy atom. The van der Waals surface area contributed by atoms with Gasteiger partial charge in [-0.2, -0.15) is 0 Å². The van der Waals surface area contributed by atoms with Crippen LogP contribution in [0, 0.1) is 0 Å². The second-order valence-electron chi connectivity index (χ2n) is 8.26. The molecule has 2 fully saturated rings. The zero-order valence-electron chi connectivity index (χ0n) is 17.4. The lowest BCUT2D eigenvalue weighted by Crippen LogP contribution is -2.32. The fourth-order valence-electron chi connectivity index (χ4n) is 4.47. The minimum absolute atomic E-state index is 0.0712. The Hall–Kier alpha value is -2.30. The number of rotatable bonds is 7. The van der Waals surface area contributed by atoms with Crippen molar-refractivity contribution in [1.29, 1.82) is 0 Å². The fraction of sp³-hybridized carbons (Fsp3) is 0.500. The van der Waals surface area contributed by atoms with Crippen molar-refractivity contribution in [2.24, 2.45) is 0 Å². The molecule has 0 amide bonds. The summed E-state index contributed by atoms with van der Waals surface area (Å²) in [5.41, 5.74) is 2.23. The molecule has 2 aromatic heterocycles. The molecule has 1 saturated heterocycles. The Bertz CT molecular complexity index is 1050. The third-order valence-electron chi connectivity index (χ3n) is 6.20. The highest BCUT2D eigenvalue weighted by Crippen LogP contribution is 2.33. The molecular formula is C22H26ClN5O4. The van der Waals surface area contributed by atoms with Crippen molar-refractivity contribution in [3.8, 4) is 0 Å². The summed E-state index contributed by atoms with van der Waals surface area (Å²) >= 11 is 5.84. The molecule has 0 bridgehead atoms. The van der Waals surface area contributed by atoms with Crippen LogP contribution < -0.4 is 5.32 Å². The van der Waals surface area contributed by atoms with Crippen LogP contribution in [0.25, 0.3) is 11.2 Å². The molecular weight excluding hydrogens is 434 g/mol. The maximum atomic E-state index is 10.4. The van der Waals surface area contributed by atoms with E-state index in [1.54, 1.807) is 10.9 Å². The lowest BCUT2D eigenvalue weighted by Gasteiger charge is -2.22. The number of nitrogens with zero attached hydrogens (tertiary/aromatic N) is 4. The van der Waals surface area contributed by atoms with Crippen LogP contribution in [-0.4, -0.2) is 66.1 Å². The number of ether oxygens (including phenoxy) is 2. The van der Waals surface area contributed by atoms with Crippen LogP contribution in [0.1, 0.15) is 31.1 Å². The number of halogens is 1. The van der Waals surface area contributed by atoms with Gasteiger partial charge in [0.15, 0.2) is 23.2 Å². The molecule has 0 radical (unpaired) electrons. The van der Waals surface area contributed by atoms with Gasteiger partial charge in [0.25, 0.3) is 0 Å². The van der Waals surface area contributed by atoms with E-state index in [0.717, 1.165) is 24.8 Å². The lowest BCUT2D eigenvalue weighted by molar-refractivity contribution is -0.0291. The van der Waals surface area contributed by atoms with Gasteiger partial charge < -0.3 is 25.0 Å². The number of anilines is 1. The fourth-order valence-corrected chi connectivity index (χ4v) is 4.73. The molecule has 3 aromatic rings. The zero-order valence-corrected chi connectivity index (χ0v) is 18.2. The van der Waals surface area contributed by atoms with Crippen LogP contribution in [-0.2, 0) is 16.1 Å². The summed E-state index contributed by atoms with van der Waals surface area (Å²) in [4.78, 5) is 13.2. The number of aliphatic hydroxyl groups is 2. The van der Waals surface area contributed by atoms with Crippen LogP contribution in [0.2, 0.25) is 0 Å². The molecule has 1 aliphatic heterocycles. The molecule has 10 heteroatoms. The topological polar surface area (TPSA) is 115 Å². The summed E-state index contributed by atoms with van der Waals surface area (Å²) < 4.78 is 13.6. The zero-order chi connectivity index (χ0) is 22.1. The first-order chi connectivity index (χ1) is 15.7. The number of aliphatic hydroxyl groups excluding tert-OH is 2. The van der Waals surface area contributed by atoms with Crippen molar-refractivity contribution in [2.45, 2.75) is 62.6 Å². The lowest BCUT2D eigenvalue weighted by atomic mass is 10.1. The number of hydrogen-bond acceptors (Lipinski definition) is 8. The van der Waals surface area contributed by atoms with Gasteiger partial charge in [-0.3, -0.25) is 4.57 Å². The highest BCUT2D eigenvalue weighted by molar-refractivity contribution is 6.18. The van der Waals surface area contributed by atoms with Gasteiger partial charge in [-0.25, -0.2) is 15.0 Å². The summed E-state index contributed by atoms with van der Waals surface area (Å²) in [5.74, 6) is 0.686. The molecule has 1 unspecified atom stereocenters. The number of hydrogen-bond donors (Lipinski definition) is 3. The van der Waals surface area contributed by atoms with E-state index < -0.39 is 24.5 Å². The first-order valence-corrected chi connectivity index (χ1v) is 11.4. The largest absolute Gasteiger partial charge is 0.387 e. The van der Waals surface area contributed by atoms with Crippen molar-refractivity contribution >= 4 is 28.6 Å². The molecule has 1 aromatic carbocycles. The van der Waals surface area contributed by atoms with E-state index in [1.165, 1.54) is 6.33 Å². The van der Waals surface area contributed by atoms with Gasteiger partial charge >= 0.3 is 0 Å². The van der Waals surface area contributed by atoms with Gasteiger partial charge in [-0.1, -0.05) is 30.3 Å². The van der Waals surface area contributed by atoms with Crippen LogP contribution in [0.3, 0.4) is 0 Å². The van der Waals surface area contributed by atoms with Crippen molar-refractivity contribution in [3.63, 3.8) is 0 Å². The van der Waals surface area contributed by atoms with Gasteiger partial charge in [-0.05, 0) is 24.8 Å². The summed E-state index contributed by atoms with van der Waals surface area (Å²) in [6.45, 7) is 0.568. The molecule has 32 heavy (non-hydrogen) atoms. The monoisotopic (exact) mass is 459 g/mol. The van der Waals surface area contributed by atoms with Crippen molar-refractivity contribution in [3.05, 3.63) is 48.5 Å². The first-order valence-electron chi connectivity index (χ1n) is 10.8. The average Bonchev–Trinajstić information content (AvgIpc) is 3.52. The Labute approximate surface area is 190 Å². The molecule has 3 heterocycles. The molecule has 170 valence electrons. The molecule has 9 nitrogen and oxygen atoms in total. The van der Waals surface area contributed by atoms with E-state index in [-0.39, 0.29) is 18.0 Å². The SMILES string of the molecule is O[C@@H]1[C@H](O)[C@@H](CCl)O[C@H]1n1cnc2c(NC3CCC[C@H]3OCc3ccccc3)ncnc21. The van der Waals surface area contributed by atoms with Crippen LogP contribution >= 0.6 is 11.6 Å². The molecule has 6 atom stereocenters. The molecule has 0 spiro atoms. The van der Waals surface area contributed by atoms with Crippen molar-refractivity contribution in [1.82, 2.24) is 19.5 Å². The smallest absolute Gasteiger partial charge is 0.167 e. The molecule has 2 aliphatic rings. The van der Waals surface area contributed by atoms with Gasteiger partial charge in [-0.15, -0.1) is 11.6 Å². The van der Waals surface area contributed by atoms with E-state index in [9.17, 15) is 10.2 Å². The summed E-state index contributed by atoms with van der Waals surface area (Å²) in [6, 6.07) is 10.2. The maximum Gasteiger partial charge on any atom is 0.167 e. The maximum absolute atomic E-state index is 10.4. The second kappa shape index (κ2) is 9.29. The highest BCUT2D eigenvalue weighted by atomic mass is 35.5. The summed E-state index contributed by atoms with van der Waals surface area (Å²) in [7, 11) is 0. The van der Waals surface area contributed by atoms with Gasteiger partial charge in [0, 0.05) is 0 Å². The van der Waals surface area contributed by atoms with Crippen molar-refractivity contribution < 1.29 is 19.7 Å². The highest BCUT2D eigenvalue weighted by Gasteiger charge is 2.44. The molecule has 1 saturated carbocycles. The molecule has 1 aliphatic carbocycles. The Balaban J connectivity index is 1.33. The van der Waals surface area contributed by atoms with E-state index in [4.69, 9.17) is 21.1 Å². The number of benzene rings is 1. The number of alkyl halides is 1. The normalized spacial score (nSPS) is 30.2. The van der Waals surface area contributed by atoms with Crippen molar-refractivity contribution in [2.75, 3.05) is 11.2 Å². The van der Waals surface area contributed by atoms with Gasteiger partial charge in [0.1, 0.15) is 24.6 Å². The Morgan fingerprint density at radius 1 is 1.12 bits per heavy atom. The van der Waals surface area contributed by atoms with E-state index >= 15 is 0 Å². The summed E-state index contributed by atoms with van der Waals surface area (Å²) in [5, 5.41) is 24.1. The number of nitrogens with one attached hydrogen (secondary N) is 1. The van der Waals surface area contributed by atoms with Gasteiger partial charge in [0.05, 0.1) is 31.0 Å². The van der Waals surface area contributed by atoms with Crippen LogP contribution in [0.15, 0.2) is 43.0 Å². The predicted octanol–water partition coefficient (Wildman–Crippen LogP) is 2.23. The predicted molar refractivity (Wildman–Crippen MR) is 118 cm³/mol. The van der Waals surface area contributed by atoms with E-state index in [0.29, 0.717) is 23.6 Å². The van der Waals surface area contributed by atoms with Crippen LogP contribution in [0.4, 0.5) is 5.82 Å². The standard InChI is InChI=1S/C22H26ClN5O4/c23-9-16-18(29)19(30)22(32-16)28-12-26-17-20(24-11-25-21(17)28)27-14-7-4-8-15(14)31-10-13-5-2-1-3-6-13/h1-3,5-6,11-12,14-16,18-19,22,29-30H,4,7-10H2,(H,24,25,27)/t14?,15-,16-,18-,19-,22-/m1/s1. The van der Waals surface area contributed by atoms with E-state index in [1.807, 2.05) is 18.2 Å². The first kappa shape index (κ1) is 21.5. The third-order valence-corrected chi connectivity index (χ3v) is 6.51. The third kappa shape index (κ3) is 4.06. The number of aromatic nitrogens is 4. The number of imidazole rings is 1. The second-order valence-corrected chi connectivity index (χ2v) is 8.57. The quantitative estimate of drug-likeness (QED) is 0.461. The molecule has 3 N–H and O–H groups in total. The Morgan fingerprint density at radius 2 is 1.97 bits per heavy atom. The molecule has 5 rings (SSSR count). The minimum Gasteiger partial charge on any atom is -0.387 e. The number of fused-ring (bicyclic) bond motifs is 1. The average molecular weight is 460 g/mol.